The third-order valence-corrected chi connectivity index (χ3v) is 5.64. The van der Waals surface area contributed by atoms with Gasteiger partial charge in [-0.05, 0) is 30.3 Å². The first-order valence-corrected chi connectivity index (χ1v) is 9.58. The molecule has 2 amide bonds. The maximum absolute atomic E-state index is 13.0. The van der Waals surface area contributed by atoms with Gasteiger partial charge in [-0.1, -0.05) is 17.7 Å². The normalized spacial score (nSPS) is 20.8. The summed E-state index contributed by atoms with van der Waals surface area (Å²) in [4.78, 5) is 40.4. The molecule has 8 nitrogen and oxygen atoms in total. The van der Waals surface area contributed by atoms with Gasteiger partial charge in [0, 0.05) is 36.5 Å². The molecular weight excluding hydrogens is 400 g/mol. The Labute approximate surface area is 171 Å². The summed E-state index contributed by atoms with van der Waals surface area (Å²) in [7, 11) is 0. The highest BCUT2D eigenvalue weighted by atomic mass is 35.5. The molecule has 29 heavy (non-hydrogen) atoms. The predicted octanol–water partition coefficient (Wildman–Crippen LogP) is 2.49. The molecular formula is C20H19ClN2O6. The average Bonchev–Trinajstić information content (AvgIpc) is 3.36. The molecule has 3 heterocycles. The van der Waals surface area contributed by atoms with Crippen LogP contribution in [0.5, 0.6) is 0 Å². The van der Waals surface area contributed by atoms with Crippen molar-refractivity contribution in [3.05, 3.63) is 59.0 Å². The van der Waals surface area contributed by atoms with E-state index in [9.17, 15) is 19.5 Å². The number of carbonyl (C=O) groups is 3. The Kier molecular flexibility index (Phi) is 5.06. The second-order valence-electron chi connectivity index (χ2n) is 7.07. The number of furan rings is 1. The quantitative estimate of drug-likeness (QED) is 0.821. The Morgan fingerprint density at radius 3 is 2.48 bits per heavy atom. The number of benzene rings is 1. The Bertz CT molecular complexity index is 936. The smallest absolute Gasteiger partial charge is 0.328 e. The van der Waals surface area contributed by atoms with Gasteiger partial charge >= 0.3 is 5.97 Å². The van der Waals surface area contributed by atoms with Gasteiger partial charge in [-0.3, -0.25) is 14.5 Å². The van der Waals surface area contributed by atoms with Crippen LogP contribution in [0.4, 0.5) is 0 Å². The van der Waals surface area contributed by atoms with E-state index in [2.05, 4.69) is 0 Å². The Morgan fingerprint density at radius 2 is 1.86 bits per heavy atom. The fourth-order valence-electron chi connectivity index (χ4n) is 3.94. The first-order chi connectivity index (χ1) is 13.9. The number of nitrogens with zero attached hydrogens (tertiary/aromatic N) is 2. The maximum Gasteiger partial charge on any atom is 0.328 e. The van der Waals surface area contributed by atoms with E-state index in [1.165, 1.54) is 17.2 Å². The summed E-state index contributed by atoms with van der Waals surface area (Å²) >= 11 is 5.98. The molecule has 2 aliphatic heterocycles. The van der Waals surface area contributed by atoms with Crippen LogP contribution in [0.2, 0.25) is 5.02 Å². The number of carboxylic acids is 1. The average molecular weight is 419 g/mol. The van der Waals surface area contributed by atoms with E-state index in [0.29, 0.717) is 36.5 Å². The van der Waals surface area contributed by atoms with Crippen LogP contribution in [-0.2, 0) is 9.53 Å². The van der Waals surface area contributed by atoms with Gasteiger partial charge in [0.1, 0.15) is 5.72 Å². The van der Waals surface area contributed by atoms with Crippen molar-refractivity contribution in [1.29, 1.82) is 0 Å². The number of carboxylic acid groups (broad SMARTS) is 1. The number of likely N-dealkylation sites (tertiary alicyclic amines) is 1. The highest BCUT2D eigenvalue weighted by Crippen LogP contribution is 2.38. The Hall–Kier alpha value is -2.84. The minimum Gasteiger partial charge on any atom is -0.480 e. The Balaban J connectivity index is 1.54. The number of carbonyl (C=O) groups excluding carboxylic acids is 2. The van der Waals surface area contributed by atoms with Crippen molar-refractivity contribution in [1.82, 2.24) is 9.80 Å². The summed E-state index contributed by atoms with van der Waals surface area (Å²) in [6.07, 6.45) is 1.96. The molecule has 1 N–H and O–H groups in total. The fourth-order valence-corrected chi connectivity index (χ4v) is 4.13. The SMILES string of the molecule is O=C(O)[C@H]1COC2(CCN(C(=O)c3cccc(Cl)c3)CC2)N1C(=O)c1ccco1. The summed E-state index contributed by atoms with van der Waals surface area (Å²) in [5.74, 6) is -1.79. The van der Waals surface area contributed by atoms with E-state index in [4.69, 9.17) is 20.8 Å². The number of ether oxygens (including phenoxy) is 1. The summed E-state index contributed by atoms with van der Waals surface area (Å²) < 4.78 is 11.0. The molecule has 1 spiro atoms. The van der Waals surface area contributed by atoms with Crippen LogP contribution in [0.15, 0.2) is 47.1 Å². The van der Waals surface area contributed by atoms with Crippen molar-refractivity contribution in [3.63, 3.8) is 0 Å². The van der Waals surface area contributed by atoms with Crippen LogP contribution in [0.1, 0.15) is 33.8 Å². The second kappa shape index (κ2) is 7.53. The van der Waals surface area contributed by atoms with E-state index >= 15 is 0 Å². The van der Waals surface area contributed by atoms with Gasteiger partial charge in [-0.25, -0.2) is 4.79 Å². The molecule has 0 radical (unpaired) electrons. The monoisotopic (exact) mass is 418 g/mol. The lowest BCUT2D eigenvalue weighted by molar-refractivity contribution is -0.143. The van der Waals surface area contributed by atoms with Gasteiger partial charge in [0.05, 0.1) is 12.9 Å². The number of hydrogen-bond donors (Lipinski definition) is 1. The molecule has 1 aromatic carbocycles. The van der Waals surface area contributed by atoms with E-state index in [-0.39, 0.29) is 18.3 Å². The summed E-state index contributed by atoms with van der Waals surface area (Å²) in [5.41, 5.74) is -0.606. The van der Waals surface area contributed by atoms with Crippen molar-refractivity contribution >= 4 is 29.4 Å². The number of hydrogen-bond acceptors (Lipinski definition) is 5. The molecule has 152 valence electrons. The van der Waals surface area contributed by atoms with Crippen molar-refractivity contribution in [2.75, 3.05) is 19.7 Å². The van der Waals surface area contributed by atoms with Gasteiger partial charge in [0.15, 0.2) is 11.8 Å². The van der Waals surface area contributed by atoms with Crippen LogP contribution in [-0.4, -0.2) is 64.2 Å². The van der Waals surface area contributed by atoms with E-state index in [0.717, 1.165) is 0 Å². The molecule has 0 saturated carbocycles. The van der Waals surface area contributed by atoms with Crippen molar-refractivity contribution in [3.8, 4) is 0 Å². The standard InChI is InChI=1S/C20H19ClN2O6/c21-14-4-1-3-13(11-14)17(24)22-8-6-20(7-9-22)23(15(12-29-20)19(26)27)18(25)16-5-2-10-28-16/h1-5,10-11,15H,6-9,12H2,(H,26,27)/t15-/m1/s1. The van der Waals surface area contributed by atoms with Crippen LogP contribution in [0.25, 0.3) is 0 Å². The minimum atomic E-state index is -1.14. The lowest BCUT2D eigenvalue weighted by Crippen LogP contribution is -2.58. The van der Waals surface area contributed by atoms with Gasteiger partial charge in [0.25, 0.3) is 11.8 Å². The summed E-state index contributed by atoms with van der Waals surface area (Å²) in [6, 6.07) is 8.65. The van der Waals surface area contributed by atoms with Crippen LogP contribution < -0.4 is 0 Å². The molecule has 0 aliphatic carbocycles. The Morgan fingerprint density at radius 1 is 1.10 bits per heavy atom. The maximum atomic E-state index is 13.0. The predicted molar refractivity (Wildman–Crippen MR) is 102 cm³/mol. The highest BCUT2D eigenvalue weighted by molar-refractivity contribution is 6.30. The molecule has 0 bridgehead atoms. The van der Waals surface area contributed by atoms with E-state index in [1.54, 1.807) is 35.2 Å². The molecule has 2 aromatic rings. The number of amides is 2. The number of halogens is 1. The molecule has 9 heteroatoms. The zero-order valence-electron chi connectivity index (χ0n) is 15.4. The highest BCUT2D eigenvalue weighted by Gasteiger charge is 2.54. The fraction of sp³-hybridized carbons (Fsp3) is 0.350. The first kappa shape index (κ1) is 19.5. The largest absolute Gasteiger partial charge is 0.480 e. The molecule has 4 rings (SSSR count). The molecule has 2 aliphatic rings. The van der Waals surface area contributed by atoms with Crippen LogP contribution >= 0.6 is 11.6 Å². The van der Waals surface area contributed by atoms with E-state index in [1.807, 2.05) is 0 Å². The van der Waals surface area contributed by atoms with E-state index < -0.39 is 23.6 Å². The summed E-state index contributed by atoms with van der Waals surface area (Å²) in [6.45, 7) is 0.531. The molecule has 1 aromatic heterocycles. The van der Waals surface area contributed by atoms with Crippen LogP contribution in [0.3, 0.4) is 0 Å². The van der Waals surface area contributed by atoms with Crippen molar-refractivity contribution in [2.24, 2.45) is 0 Å². The third kappa shape index (κ3) is 3.49. The zero-order chi connectivity index (χ0) is 20.6. The lowest BCUT2D eigenvalue weighted by Gasteiger charge is -2.43. The van der Waals surface area contributed by atoms with Crippen LogP contribution in [0, 0.1) is 0 Å². The van der Waals surface area contributed by atoms with Gasteiger partial charge in [-0.15, -0.1) is 0 Å². The van der Waals surface area contributed by atoms with Gasteiger partial charge in [0.2, 0.25) is 0 Å². The number of piperidine rings is 1. The van der Waals surface area contributed by atoms with Crippen molar-refractivity contribution in [2.45, 2.75) is 24.6 Å². The molecule has 0 unspecified atom stereocenters. The van der Waals surface area contributed by atoms with Crippen molar-refractivity contribution < 1.29 is 28.6 Å². The lowest BCUT2D eigenvalue weighted by atomic mass is 9.96. The third-order valence-electron chi connectivity index (χ3n) is 5.40. The second-order valence-corrected chi connectivity index (χ2v) is 7.50. The zero-order valence-corrected chi connectivity index (χ0v) is 16.2. The molecule has 2 saturated heterocycles. The molecule has 2 fully saturated rings. The topological polar surface area (TPSA) is 100 Å². The number of rotatable bonds is 3. The molecule has 1 atom stereocenters. The summed E-state index contributed by atoms with van der Waals surface area (Å²) in [5, 5.41) is 10.1. The van der Waals surface area contributed by atoms with Gasteiger partial charge < -0.3 is 19.2 Å². The first-order valence-electron chi connectivity index (χ1n) is 9.20. The minimum absolute atomic E-state index is 0.0542. The number of aliphatic carboxylic acids is 1. The van der Waals surface area contributed by atoms with Gasteiger partial charge in [-0.2, -0.15) is 0 Å².